The van der Waals surface area contributed by atoms with Gasteiger partial charge in [-0.1, -0.05) is 12.1 Å². The van der Waals surface area contributed by atoms with Crippen molar-refractivity contribution in [3.8, 4) is 0 Å². The molecule has 7 nitrogen and oxygen atoms in total. The molecule has 0 unspecified atom stereocenters. The molecule has 24 heavy (non-hydrogen) atoms. The van der Waals surface area contributed by atoms with Crippen molar-refractivity contribution in [3.63, 3.8) is 0 Å². The first kappa shape index (κ1) is 16.9. The van der Waals surface area contributed by atoms with Crippen LogP contribution in [0.5, 0.6) is 0 Å². The smallest absolute Gasteiger partial charge is 0.269 e. The Bertz CT molecular complexity index is 576. The number of rotatable bonds is 5. The van der Waals surface area contributed by atoms with Gasteiger partial charge >= 0.3 is 0 Å². The second-order valence-electron chi connectivity index (χ2n) is 6.56. The lowest BCUT2D eigenvalue weighted by atomic mass is 10.2. The molecule has 0 saturated carbocycles. The highest BCUT2D eigenvalue weighted by Crippen LogP contribution is 2.15. The molecule has 3 rings (SSSR count). The molecule has 7 heteroatoms. The van der Waals surface area contributed by atoms with Crippen molar-refractivity contribution in [1.82, 2.24) is 14.7 Å². The van der Waals surface area contributed by atoms with Gasteiger partial charge in [0.2, 0.25) is 5.91 Å². The fraction of sp³-hybridized carbons (Fsp3) is 0.588. The van der Waals surface area contributed by atoms with E-state index in [1.165, 1.54) is 0 Å². The number of nitro benzene ring substituents is 1. The van der Waals surface area contributed by atoms with Gasteiger partial charge in [-0.2, -0.15) is 0 Å². The van der Waals surface area contributed by atoms with Gasteiger partial charge in [0.05, 0.1) is 11.5 Å². The lowest BCUT2D eigenvalue weighted by Gasteiger charge is -2.35. The van der Waals surface area contributed by atoms with E-state index in [1.807, 2.05) is 17.0 Å². The maximum absolute atomic E-state index is 12.2. The van der Waals surface area contributed by atoms with Crippen LogP contribution in [0.2, 0.25) is 0 Å². The number of amides is 1. The van der Waals surface area contributed by atoms with Crippen molar-refractivity contribution in [2.24, 2.45) is 0 Å². The molecule has 2 fully saturated rings. The summed E-state index contributed by atoms with van der Waals surface area (Å²) in [4.78, 5) is 29.0. The molecule has 1 aromatic carbocycles. The molecule has 0 radical (unpaired) electrons. The van der Waals surface area contributed by atoms with Crippen LogP contribution in [0, 0.1) is 10.1 Å². The summed E-state index contributed by atoms with van der Waals surface area (Å²) in [5, 5.41) is 10.7. The quantitative estimate of drug-likeness (QED) is 0.601. The van der Waals surface area contributed by atoms with E-state index in [1.54, 1.807) is 12.1 Å². The standard InChI is InChI=1S/C17H24N4O3/c22-17(20-7-1-2-8-20)14-19-11-9-18(10-12-19)13-15-3-5-16(6-4-15)21(23)24/h3-6H,1-2,7-14H2. The minimum Gasteiger partial charge on any atom is -0.342 e. The van der Waals surface area contributed by atoms with Crippen LogP contribution in [0.15, 0.2) is 24.3 Å². The lowest BCUT2D eigenvalue weighted by molar-refractivity contribution is -0.384. The maximum Gasteiger partial charge on any atom is 0.269 e. The second kappa shape index (κ2) is 7.72. The van der Waals surface area contributed by atoms with Gasteiger partial charge in [-0.15, -0.1) is 0 Å². The zero-order chi connectivity index (χ0) is 16.9. The Balaban J connectivity index is 1.43. The molecule has 0 spiro atoms. The molecule has 0 N–H and O–H groups in total. The number of likely N-dealkylation sites (tertiary alicyclic amines) is 1. The molecule has 2 saturated heterocycles. The molecule has 1 amide bonds. The van der Waals surface area contributed by atoms with Crippen LogP contribution in [0.25, 0.3) is 0 Å². The first-order chi connectivity index (χ1) is 11.6. The topological polar surface area (TPSA) is 69.9 Å². The number of carbonyl (C=O) groups is 1. The monoisotopic (exact) mass is 332 g/mol. The van der Waals surface area contributed by atoms with Crippen molar-refractivity contribution in [2.75, 3.05) is 45.8 Å². The SMILES string of the molecule is O=C(CN1CCN(Cc2ccc([N+](=O)[O-])cc2)CC1)N1CCCC1. The average molecular weight is 332 g/mol. The van der Waals surface area contributed by atoms with Gasteiger partial charge < -0.3 is 4.90 Å². The minimum atomic E-state index is -0.375. The molecule has 0 aliphatic carbocycles. The first-order valence-corrected chi connectivity index (χ1v) is 8.57. The summed E-state index contributed by atoms with van der Waals surface area (Å²) in [5.74, 6) is 0.260. The molecule has 2 heterocycles. The van der Waals surface area contributed by atoms with Gasteiger partial charge in [0.1, 0.15) is 0 Å². The van der Waals surface area contributed by atoms with Gasteiger partial charge in [-0.05, 0) is 18.4 Å². The summed E-state index contributed by atoms with van der Waals surface area (Å²) in [7, 11) is 0. The molecule has 2 aliphatic heterocycles. The summed E-state index contributed by atoms with van der Waals surface area (Å²) < 4.78 is 0. The molecular weight excluding hydrogens is 308 g/mol. The normalized spacial score (nSPS) is 19.6. The number of non-ortho nitro benzene ring substituents is 1. The van der Waals surface area contributed by atoms with E-state index in [0.29, 0.717) is 6.54 Å². The maximum atomic E-state index is 12.2. The van der Waals surface area contributed by atoms with Crippen molar-refractivity contribution in [3.05, 3.63) is 39.9 Å². The average Bonchev–Trinajstić information content (AvgIpc) is 3.12. The van der Waals surface area contributed by atoms with E-state index in [-0.39, 0.29) is 16.5 Å². The molecule has 0 bridgehead atoms. The Hall–Kier alpha value is -1.99. The third kappa shape index (κ3) is 4.30. The fourth-order valence-corrected chi connectivity index (χ4v) is 3.34. The van der Waals surface area contributed by atoms with Crippen LogP contribution in [0.4, 0.5) is 5.69 Å². The van der Waals surface area contributed by atoms with Crippen LogP contribution in [0.3, 0.4) is 0 Å². The fourth-order valence-electron chi connectivity index (χ4n) is 3.34. The highest BCUT2D eigenvalue weighted by molar-refractivity contribution is 5.78. The molecular formula is C17H24N4O3. The van der Waals surface area contributed by atoms with Gasteiger partial charge in [-0.3, -0.25) is 24.7 Å². The number of nitro groups is 1. The van der Waals surface area contributed by atoms with E-state index in [0.717, 1.165) is 64.2 Å². The zero-order valence-electron chi connectivity index (χ0n) is 13.9. The largest absolute Gasteiger partial charge is 0.342 e. The Labute approximate surface area is 142 Å². The highest BCUT2D eigenvalue weighted by atomic mass is 16.6. The highest BCUT2D eigenvalue weighted by Gasteiger charge is 2.23. The summed E-state index contributed by atoms with van der Waals surface area (Å²) in [6.45, 7) is 6.79. The van der Waals surface area contributed by atoms with E-state index in [4.69, 9.17) is 0 Å². The van der Waals surface area contributed by atoms with Crippen LogP contribution < -0.4 is 0 Å². The van der Waals surface area contributed by atoms with Crippen molar-refractivity contribution < 1.29 is 9.72 Å². The Kier molecular flexibility index (Phi) is 5.42. The lowest BCUT2D eigenvalue weighted by Crippen LogP contribution is -2.49. The molecule has 0 atom stereocenters. The van der Waals surface area contributed by atoms with E-state index >= 15 is 0 Å². The number of hydrogen-bond donors (Lipinski definition) is 0. The number of carbonyl (C=O) groups excluding carboxylic acids is 1. The Morgan fingerprint density at radius 3 is 2.12 bits per heavy atom. The summed E-state index contributed by atoms with van der Waals surface area (Å²) in [6.07, 6.45) is 2.27. The van der Waals surface area contributed by atoms with Crippen LogP contribution in [-0.2, 0) is 11.3 Å². The molecule has 130 valence electrons. The van der Waals surface area contributed by atoms with Crippen molar-refractivity contribution in [2.45, 2.75) is 19.4 Å². The third-order valence-electron chi connectivity index (χ3n) is 4.84. The van der Waals surface area contributed by atoms with Crippen molar-refractivity contribution >= 4 is 11.6 Å². The number of hydrogen-bond acceptors (Lipinski definition) is 5. The first-order valence-electron chi connectivity index (χ1n) is 8.57. The van der Waals surface area contributed by atoms with Crippen LogP contribution in [-0.4, -0.2) is 71.3 Å². The van der Waals surface area contributed by atoms with Gasteiger partial charge in [0, 0.05) is 57.9 Å². The Morgan fingerprint density at radius 1 is 0.958 bits per heavy atom. The van der Waals surface area contributed by atoms with Gasteiger partial charge in [-0.25, -0.2) is 0 Å². The van der Waals surface area contributed by atoms with Gasteiger partial charge in [0.15, 0.2) is 0 Å². The number of nitrogens with zero attached hydrogens (tertiary/aromatic N) is 4. The van der Waals surface area contributed by atoms with E-state index in [2.05, 4.69) is 9.80 Å². The van der Waals surface area contributed by atoms with Crippen molar-refractivity contribution in [1.29, 1.82) is 0 Å². The number of benzene rings is 1. The van der Waals surface area contributed by atoms with Crippen LogP contribution in [0.1, 0.15) is 18.4 Å². The predicted molar refractivity (Wildman–Crippen MR) is 90.6 cm³/mol. The molecule has 1 aromatic rings. The van der Waals surface area contributed by atoms with Gasteiger partial charge in [0.25, 0.3) is 5.69 Å². The second-order valence-corrected chi connectivity index (χ2v) is 6.56. The summed E-state index contributed by atoms with van der Waals surface area (Å²) in [6, 6.07) is 6.75. The van der Waals surface area contributed by atoms with E-state index in [9.17, 15) is 14.9 Å². The zero-order valence-corrected chi connectivity index (χ0v) is 13.9. The Morgan fingerprint density at radius 2 is 1.54 bits per heavy atom. The predicted octanol–water partition coefficient (Wildman–Crippen LogP) is 1.33. The molecule has 0 aromatic heterocycles. The minimum absolute atomic E-state index is 0.129. The molecule has 2 aliphatic rings. The number of piperazine rings is 1. The third-order valence-corrected chi connectivity index (χ3v) is 4.84. The summed E-state index contributed by atoms with van der Waals surface area (Å²) >= 11 is 0. The van der Waals surface area contributed by atoms with Crippen LogP contribution >= 0.6 is 0 Å². The van der Waals surface area contributed by atoms with E-state index < -0.39 is 0 Å². The summed E-state index contributed by atoms with van der Waals surface area (Å²) in [5.41, 5.74) is 1.21.